The first-order valence-corrected chi connectivity index (χ1v) is 7.85. The first kappa shape index (κ1) is 16.2. The highest BCUT2D eigenvalue weighted by molar-refractivity contribution is 7.43. The molecule has 1 aliphatic rings. The molecule has 0 spiro atoms. The summed E-state index contributed by atoms with van der Waals surface area (Å²) in [6.07, 6.45) is -2.75. The number of anilines is 1. The SMILES string of the molecule is Nc1ncnc2c1ncn2[C@@H]1O[C@H](COP(=O)([O-])[O-])[C@@H](O)[C@H]1O. The van der Waals surface area contributed by atoms with Gasteiger partial charge in [0.1, 0.15) is 30.2 Å². The lowest BCUT2D eigenvalue weighted by atomic mass is 10.1. The molecule has 12 nitrogen and oxygen atoms in total. The topological polar surface area (TPSA) is 192 Å². The van der Waals surface area contributed by atoms with Gasteiger partial charge in [-0.2, -0.15) is 0 Å². The fourth-order valence-electron chi connectivity index (χ4n) is 2.32. The highest BCUT2D eigenvalue weighted by Crippen LogP contribution is 2.34. The van der Waals surface area contributed by atoms with Crippen molar-refractivity contribution in [1.82, 2.24) is 19.5 Å². The van der Waals surface area contributed by atoms with Gasteiger partial charge in [0.25, 0.3) is 0 Å². The number of nitrogens with zero attached hydrogens (tertiary/aromatic N) is 4. The standard InChI is InChI=1S/C10H14N5O7P/c11-8-5-9(13-2-12-8)15(3-14-5)10-7(17)6(16)4(22-10)1-21-23(18,19)20/h2-4,6-7,10,16-17H,1H2,(H2,11,12,13)(H2,18,19,20)/p-2/t4-,6-,7-,10-/m1/s1. The van der Waals surface area contributed by atoms with Crippen LogP contribution in [0.1, 0.15) is 6.23 Å². The summed E-state index contributed by atoms with van der Waals surface area (Å²) in [5.74, 6) is 0.125. The number of phosphoric acid groups is 1. The number of hydrogen-bond acceptors (Lipinski definition) is 11. The van der Waals surface area contributed by atoms with Crippen LogP contribution in [0.4, 0.5) is 5.82 Å². The van der Waals surface area contributed by atoms with E-state index in [0.29, 0.717) is 0 Å². The lowest BCUT2D eigenvalue weighted by Gasteiger charge is -2.30. The number of aliphatic hydroxyl groups is 2. The van der Waals surface area contributed by atoms with Crippen molar-refractivity contribution in [3.05, 3.63) is 12.7 Å². The molecular formula is C10H12N5O7P-2. The molecule has 0 saturated carbocycles. The Kier molecular flexibility index (Phi) is 4.06. The van der Waals surface area contributed by atoms with Gasteiger partial charge in [0.2, 0.25) is 0 Å². The predicted octanol–water partition coefficient (Wildman–Crippen LogP) is -3.13. The molecule has 1 aliphatic heterocycles. The Morgan fingerprint density at radius 1 is 1.35 bits per heavy atom. The summed E-state index contributed by atoms with van der Waals surface area (Å²) in [6, 6.07) is 0. The Morgan fingerprint density at radius 3 is 2.78 bits per heavy atom. The molecule has 2 aromatic heterocycles. The Bertz CT molecular complexity index is 763. The summed E-state index contributed by atoms with van der Waals surface area (Å²) in [4.78, 5) is 32.8. The molecule has 3 rings (SSSR count). The number of phosphoric ester groups is 1. The molecule has 1 fully saturated rings. The van der Waals surface area contributed by atoms with Crippen LogP contribution in [0.2, 0.25) is 0 Å². The van der Waals surface area contributed by atoms with Gasteiger partial charge in [0.05, 0.1) is 20.8 Å². The first-order chi connectivity index (χ1) is 10.8. The molecule has 0 aliphatic carbocycles. The minimum atomic E-state index is -5.22. The second kappa shape index (κ2) is 5.76. The fourth-order valence-corrected chi connectivity index (χ4v) is 2.65. The van der Waals surface area contributed by atoms with E-state index >= 15 is 0 Å². The minimum Gasteiger partial charge on any atom is -0.790 e. The number of nitrogen functional groups attached to an aromatic ring is 1. The van der Waals surface area contributed by atoms with E-state index in [4.69, 9.17) is 10.5 Å². The summed E-state index contributed by atoms with van der Waals surface area (Å²) in [5.41, 5.74) is 6.19. The van der Waals surface area contributed by atoms with E-state index in [2.05, 4.69) is 19.5 Å². The molecule has 1 saturated heterocycles. The van der Waals surface area contributed by atoms with Crippen LogP contribution in [0, 0.1) is 0 Å². The molecule has 0 bridgehead atoms. The molecule has 3 heterocycles. The van der Waals surface area contributed by atoms with Crippen LogP contribution < -0.4 is 15.5 Å². The van der Waals surface area contributed by atoms with Crippen molar-refractivity contribution in [1.29, 1.82) is 0 Å². The third-order valence-electron chi connectivity index (χ3n) is 3.40. The number of aromatic nitrogens is 4. The second-order valence-corrected chi connectivity index (χ2v) is 6.02. The van der Waals surface area contributed by atoms with Gasteiger partial charge in [-0.05, 0) is 0 Å². The van der Waals surface area contributed by atoms with Crippen molar-refractivity contribution in [2.75, 3.05) is 12.3 Å². The van der Waals surface area contributed by atoms with Crippen LogP contribution in [-0.2, 0) is 13.8 Å². The minimum absolute atomic E-state index is 0.125. The molecule has 4 atom stereocenters. The van der Waals surface area contributed by atoms with Gasteiger partial charge in [0, 0.05) is 0 Å². The van der Waals surface area contributed by atoms with Gasteiger partial charge >= 0.3 is 0 Å². The summed E-state index contributed by atoms with van der Waals surface area (Å²) in [5, 5.41) is 20.0. The zero-order valence-corrected chi connectivity index (χ0v) is 12.3. The number of ether oxygens (including phenoxy) is 1. The van der Waals surface area contributed by atoms with Crippen molar-refractivity contribution < 1.29 is 33.8 Å². The largest absolute Gasteiger partial charge is 0.790 e. The number of aliphatic hydroxyl groups excluding tert-OH is 2. The number of rotatable bonds is 4. The van der Waals surface area contributed by atoms with E-state index in [9.17, 15) is 24.6 Å². The Morgan fingerprint density at radius 2 is 2.09 bits per heavy atom. The molecule has 23 heavy (non-hydrogen) atoms. The van der Waals surface area contributed by atoms with Crippen molar-refractivity contribution in [2.45, 2.75) is 24.5 Å². The van der Waals surface area contributed by atoms with Crippen LogP contribution >= 0.6 is 7.82 Å². The van der Waals surface area contributed by atoms with Gasteiger partial charge in [0.15, 0.2) is 17.7 Å². The van der Waals surface area contributed by atoms with E-state index in [-0.39, 0.29) is 17.0 Å². The van der Waals surface area contributed by atoms with Crippen molar-refractivity contribution in [3.8, 4) is 0 Å². The monoisotopic (exact) mass is 345 g/mol. The van der Waals surface area contributed by atoms with Crippen molar-refractivity contribution in [3.63, 3.8) is 0 Å². The Balaban J connectivity index is 1.85. The molecular weight excluding hydrogens is 333 g/mol. The normalized spacial score (nSPS) is 28.5. The summed E-state index contributed by atoms with van der Waals surface area (Å²) >= 11 is 0. The average molecular weight is 345 g/mol. The highest BCUT2D eigenvalue weighted by atomic mass is 31.2. The third-order valence-corrected chi connectivity index (χ3v) is 3.86. The number of imidazole rings is 1. The first-order valence-electron chi connectivity index (χ1n) is 6.39. The van der Waals surface area contributed by atoms with Crippen LogP contribution in [0.25, 0.3) is 11.2 Å². The Hall–Kier alpha value is -1.66. The van der Waals surface area contributed by atoms with Crippen LogP contribution in [0.15, 0.2) is 12.7 Å². The van der Waals surface area contributed by atoms with E-state index in [1.807, 2.05) is 0 Å². The smallest absolute Gasteiger partial charge is 0.167 e. The fraction of sp³-hybridized carbons (Fsp3) is 0.500. The summed E-state index contributed by atoms with van der Waals surface area (Å²) in [7, 11) is -5.22. The Labute approximate surface area is 128 Å². The summed E-state index contributed by atoms with van der Waals surface area (Å²) < 4.78 is 21.3. The third kappa shape index (κ3) is 3.05. The van der Waals surface area contributed by atoms with E-state index in [0.717, 1.165) is 0 Å². The van der Waals surface area contributed by atoms with Crippen LogP contribution in [0.5, 0.6) is 0 Å². The van der Waals surface area contributed by atoms with Crippen molar-refractivity contribution in [2.24, 2.45) is 0 Å². The zero-order chi connectivity index (χ0) is 16.8. The van der Waals surface area contributed by atoms with Gasteiger partial charge in [-0.1, -0.05) is 0 Å². The lowest BCUT2D eigenvalue weighted by Crippen LogP contribution is -2.34. The van der Waals surface area contributed by atoms with Crippen molar-refractivity contribution >= 4 is 24.8 Å². The molecule has 0 aromatic carbocycles. The van der Waals surface area contributed by atoms with E-state index in [1.165, 1.54) is 17.2 Å². The van der Waals surface area contributed by atoms with Crippen LogP contribution in [0.3, 0.4) is 0 Å². The molecule has 13 heteroatoms. The maximum absolute atomic E-state index is 10.5. The molecule has 0 radical (unpaired) electrons. The second-order valence-electron chi connectivity index (χ2n) is 4.87. The highest BCUT2D eigenvalue weighted by Gasteiger charge is 2.44. The number of hydrogen-bond donors (Lipinski definition) is 3. The molecule has 0 unspecified atom stereocenters. The van der Waals surface area contributed by atoms with Gasteiger partial charge < -0.3 is 39.6 Å². The molecule has 0 amide bonds. The molecule has 126 valence electrons. The maximum atomic E-state index is 10.5. The van der Waals surface area contributed by atoms with Crippen LogP contribution in [-0.4, -0.2) is 54.7 Å². The predicted molar refractivity (Wildman–Crippen MR) is 69.2 cm³/mol. The lowest BCUT2D eigenvalue weighted by molar-refractivity contribution is -0.343. The van der Waals surface area contributed by atoms with E-state index in [1.54, 1.807) is 0 Å². The number of nitrogens with two attached hydrogens (primary N) is 1. The molecule has 4 N–H and O–H groups in total. The molecule has 2 aromatic rings. The maximum Gasteiger partial charge on any atom is 0.167 e. The zero-order valence-electron chi connectivity index (χ0n) is 11.4. The summed E-state index contributed by atoms with van der Waals surface area (Å²) in [6.45, 7) is -0.719. The van der Waals surface area contributed by atoms with Gasteiger partial charge in [-0.15, -0.1) is 0 Å². The quantitative estimate of drug-likeness (QED) is 0.474. The van der Waals surface area contributed by atoms with E-state index < -0.39 is 39.0 Å². The van der Waals surface area contributed by atoms with Gasteiger partial charge in [-0.25, -0.2) is 15.0 Å². The number of fused-ring (bicyclic) bond motifs is 1. The average Bonchev–Trinajstić information content (AvgIpc) is 3.01. The van der Waals surface area contributed by atoms with Gasteiger partial charge in [-0.3, -0.25) is 4.57 Å².